The normalized spacial score (nSPS) is 12.5. The van der Waals surface area contributed by atoms with Gasteiger partial charge in [-0.25, -0.2) is 0 Å². The number of aliphatic hydroxyl groups is 2. The van der Waals surface area contributed by atoms with E-state index in [1.165, 1.54) is 405 Å². The van der Waals surface area contributed by atoms with Crippen LogP contribution in [0.5, 0.6) is 0 Å². The molecular formula is C81H159NO5. The molecule has 0 saturated carbocycles. The minimum Gasteiger partial charge on any atom is -0.466 e. The van der Waals surface area contributed by atoms with Gasteiger partial charge in [0, 0.05) is 12.8 Å². The number of carbonyl (C=O) groups is 2. The number of hydrogen-bond donors (Lipinski definition) is 3. The van der Waals surface area contributed by atoms with Crippen molar-refractivity contribution in [1.29, 1.82) is 0 Å². The minimum absolute atomic E-state index is 0.0260. The van der Waals surface area contributed by atoms with E-state index in [9.17, 15) is 19.8 Å². The van der Waals surface area contributed by atoms with Gasteiger partial charge in [0.1, 0.15) is 0 Å². The van der Waals surface area contributed by atoms with Crippen molar-refractivity contribution >= 4 is 11.9 Å². The van der Waals surface area contributed by atoms with Gasteiger partial charge in [-0.15, -0.1) is 0 Å². The summed E-state index contributed by atoms with van der Waals surface area (Å²) in [6, 6.07) is -0.625. The second kappa shape index (κ2) is 77.1. The first-order chi connectivity index (χ1) is 43.0. The lowest BCUT2D eigenvalue weighted by Gasteiger charge is -2.20. The number of carbonyl (C=O) groups excluding carboxylic acids is 2. The number of ether oxygens (including phenoxy) is 1. The van der Waals surface area contributed by atoms with Gasteiger partial charge in [0.2, 0.25) is 5.91 Å². The molecule has 3 N–H and O–H groups in total. The van der Waals surface area contributed by atoms with Gasteiger partial charge in [-0.1, -0.05) is 437 Å². The Hall–Kier alpha value is -1.40. The molecule has 1 amide bonds. The van der Waals surface area contributed by atoms with Crippen LogP contribution in [0, 0.1) is 0 Å². The van der Waals surface area contributed by atoms with Crippen LogP contribution >= 0.6 is 0 Å². The van der Waals surface area contributed by atoms with Crippen molar-refractivity contribution in [3.63, 3.8) is 0 Å². The lowest BCUT2D eigenvalue weighted by atomic mass is 10.0. The van der Waals surface area contributed by atoms with Crippen LogP contribution in [0.25, 0.3) is 0 Å². The molecule has 0 spiro atoms. The minimum atomic E-state index is -0.842. The van der Waals surface area contributed by atoms with Crippen molar-refractivity contribution in [2.45, 2.75) is 482 Å². The van der Waals surface area contributed by atoms with Crippen molar-refractivity contribution in [3.8, 4) is 0 Å². The Balaban J connectivity index is 3.33. The number of allylic oxidation sites excluding steroid dienone is 1. The van der Waals surface area contributed by atoms with E-state index in [4.69, 9.17) is 4.74 Å². The van der Waals surface area contributed by atoms with Gasteiger partial charge in [0.15, 0.2) is 0 Å². The maximum Gasteiger partial charge on any atom is 0.305 e. The van der Waals surface area contributed by atoms with Crippen molar-refractivity contribution in [3.05, 3.63) is 12.2 Å². The molecule has 518 valence electrons. The van der Waals surface area contributed by atoms with Crippen LogP contribution in [0.4, 0.5) is 0 Å². The number of unbranched alkanes of at least 4 members (excludes halogenated alkanes) is 66. The van der Waals surface area contributed by atoms with Gasteiger partial charge in [-0.2, -0.15) is 0 Å². The molecule has 0 heterocycles. The number of nitrogens with one attached hydrogen (secondary N) is 1. The summed E-state index contributed by atoms with van der Waals surface area (Å²) in [5, 5.41) is 23.3. The molecule has 0 aliphatic heterocycles. The predicted octanol–water partition coefficient (Wildman–Crippen LogP) is 26.7. The summed E-state index contributed by atoms with van der Waals surface area (Å²) in [6.07, 6.45) is 97.7. The highest BCUT2D eigenvalue weighted by molar-refractivity contribution is 5.76. The molecule has 0 rings (SSSR count). The van der Waals surface area contributed by atoms with E-state index < -0.39 is 12.1 Å². The summed E-state index contributed by atoms with van der Waals surface area (Å²) in [6.45, 7) is 4.97. The summed E-state index contributed by atoms with van der Waals surface area (Å²) in [7, 11) is 0. The van der Waals surface area contributed by atoms with Crippen LogP contribution in [0.15, 0.2) is 12.2 Å². The first-order valence-electron chi connectivity index (χ1n) is 40.5. The third kappa shape index (κ3) is 73.5. The quantitative estimate of drug-likeness (QED) is 0.0320. The molecule has 0 aliphatic rings. The highest BCUT2D eigenvalue weighted by Crippen LogP contribution is 2.20. The fourth-order valence-corrected chi connectivity index (χ4v) is 13.2. The fourth-order valence-electron chi connectivity index (χ4n) is 13.2. The topological polar surface area (TPSA) is 95.9 Å². The number of rotatable bonds is 77. The number of hydrogen-bond acceptors (Lipinski definition) is 5. The Bertz CT molecular complexity index is 1320. The molecule has 0 bridgehead atoms. The Morgan fingerprint density at radius 1 is 0.310 bits per heavy atom. The van der Waals surface area contributed by atoms with Crippen LogP contribution in [0.3, 0.4) is 0 Å². The molecule has 0 aromatic heterocycles. The molecule has 6 nitrogen and oxygen atoms in total. The zero-order chi connectivity index (χ0) is 62.8. The third-order valence-electron chi connectivity index (χ3n) is 19.3. The van der Waals surface area contributed by atoms with E-state index in [1.807, 2.05) is 6.08 Å². The van der Waals surface area contributed by atoms with E-state index in [-0.39, 0.29) is 18.5 Å². The van der Waals surface area contributed by atoms with Gasteiger partial charge in [-0.3, -0.25) is 9.59 Å². The summed E-state index contributed by atoms with van der Waals surface area (Å²) in [4.78, 5) is 24.7. The van der Waals surface area contributed by atoms with Crippen LogP contribution in [-0.4, -0.2) is 47.4 Å². The summed E-state index contributed by atoms with van der Waals surface area (Å²) >= 11 is 0. The van der Waals surface area contributed by atoms with E-state index >= 15 is 0 Å². The Morgan fingerprint density at radius 3 is 0.782 bits per heavy atom. The molecular weight excluding hydrogens is 1070 g/mol. The molecule has 0 fully saturated rings. The zero-order valence-corrected chi connectivity index (χ0v) is 59.5. The Kier molecular flexibility index (Phi) is 75.8. The first kappa shape index (κ1) is 85.6. The molecule has 87 heavy (non-hydrogen) atoms. The lowest BCUT2D eigenvalue weighted by molar-refractivity contribution is -0.143. The second-order valence-corrected chi connectivity index (χ2v) is 28.1. The van der Waals surface area contributed by atoms with Crippen molar-refractivity contribution in [2.75, 3.05) is 13.2 Å². The van der Waals surface area contributed by atoms with Crippen molar-refractivity contribution < 1.29 is 24.5 Å². The molecule has 0 radical (unpaired) electrons. The zero-order valence-electron chi connectivity index (χ0n) is 59.5. The number of amides is 1. The maximum absolute atomic E-state index is 12.5. The summed E-state index contributed by atoms with van der Waals surface area (Å²) < 4.78 is 5.52. The lowest BCUT2D eigenvalue weighted by Crippen LogP contribution is -2.45. The number of aliphatic hydroxyl groups excluding tert-OH is 2. The maximum atomic E-state index is 12.5. The molecule has 6 heteroatoms. The molecule has 0 aromatic carbocycles. The molecule has 0 saturated heterocycles. The van der Waals surface area contributed by atoms with Gasteiger partial charge < -0.3 is 20.3 Å². The highest BCUT2D eigenvalue weighted by atomic mass is 16.5. The van der Waals surface area contributed by atoms with Crippen LogP contribution in [0.1, 0.15) is 470 Å². The Labute approximate surface area is 546 Å². The first-order valence-corrected chi connectivity index (χ1v) is 40.5. The average Bonchev–Trinajstić information content (AvgIpc) is 3.54. The van der Waals surface area contributed by atoms with Gasteiger partial charge >= 0.3 is 5.97 Å². The number of esters is 1. The average molecular weight is 1230 g/mol. The Morgan fingerprint density at radius 2 is 0.529 bits per heavy atom. The van der Waals surface area contributed by atoms with Gasteiger partial charge in [0.25, 0.3) is 0 Å². The van der Waals surface area contributed by atoms with E-state index in [2.05, 4.69) is 19.2 Å². The monoisotopic (exact) mass is 1230 g/mol. The van der Waals surface area contributed by atoms with Crippen molar-refractivity contribution in [2.24, 2.45) is 0 Å². The van der Waals surface area contributed by atoms with Crippen LogP contribution < -0.4 is 5.32 Å². The molecule has 0 aromatic rings. The standard InChI is InChI=1S/C81H159NO5/c1-3-5-7-9-11-13-15-17-19-21-23-34-38-41-45-49-53-57-61-65-69-73-79(84)78(77-83)82-80(85)74-70-66-62-58-54-50-46-42-39-35-32-30-28-26-24-25-27-29-31-33-36-40-44-48-52-56-60-64-68-72-76-87-81(86)75-71-67-63-59-55-51-47-43-37-22-20-18-16-14-12-10-8-6-4-2/h69,73,78-79,83-84H,3-68,70-72,74-77H2,1-2H3,(H,82,85)/b73-69+. The highest BCUT2D eigenvalue weighted by Gasteiger charge is 2.18. The molecule has 0 aliphatic carbocycles. The third-order valence-corrected chi connectivity index (χ3v) is 19.3. The van der Waals surface area contributed by atoms with E-state index in [0.29, 0.717) is 19.4 Å². The SMILES string of the molecule is CCCCCCCCCCCCCCCCCCCCC/C=C/C(O)C(CO)NC(=O)CCCCCCCCCCCCCCCCCCCCCCCCCCCCCCCCOC(=O)CCCCCCCCCCCCCCCCCCCCC. The smallest absolute Gasteiger partial charge is 0.305 e. The van der Waals surface area contributed by atoms with Crippen molar-refractivity contribution in [1.82, 2.24) is 5.32 Å². The predicted molar refractivity (Wildman–Crippen MR) is 384 cm³/mol. The van der Waals surface area contributed by atoms with E-state index in [1.54, 1.807) is 6.08 Å². The largest absolute Gasteiger partial charge is 0.466 e. The summed E-state index contributed by atoms with van der Waals surface area (Å²) in [5.74, 6) is -0.0327. The van der Waals surface area contributed by atoms with Gasteiger partial charge in [-0.05, 0) is 32.1 Å². The molecule has 2 atom stereocenters. The van der Waals surface area contributed by atoms with Crippen LogP contribution in [0.2, 0.25) is 0 Å². The van der Waals surface area contributed by atoms with Crippen LogP contribution in [-0.2, 0) is 14.3 Å². The summed E-state index contributed by atoms with van der Waals surface area (Å²) in [5.41, 5.74) is 0. The van der Waals surface area contributed by atoms with E-state index in [0.717, 1.165) is 38.5 Å². The molecule has 2 unspecified atom stereocenters. The second-order valence-electron chi connectivity index (χ2n) is 28.1. The fraction of sp³-hybridized carbons (Fsp3) is 0.951. The van der Waals surface area contributed by atoms with Gasteiger partial charge in [0.05, 0.1) is 25.4 Å².